The van der Waals surface area contributed by atoms with Crippen molar-refractivity contribution in [2.24, 2.45) is 0 Å². The number of nitrogens with zero attached hydrogens (tertiary/aromatic N) is 1. The summed E-state index contributed by atoms with van der Waals surface area (Å²) in [4.78, 5) is 29.7. The number of amides is 2. The average Bonchev–Trinajstić information content (AvgIpc) is 3.47. The molecule has 1 atom stereocenters. The number of hydrogen-bond donors (Lipinski definition) is 1. The monoisotopic (exact) mass is 418 g/mol. The molecule has 1 aliphatic rings. The summed E-state index contributed by atoms with van der Waals surface area (Å²) in [6, 6.07) is 22.5. The third-order valence-electron chi connectivity index (χ3n) is 5.53. The topological polar surface area (TPSA) is 49.4 Å². The van der Waals surface area contributed by atoms with Crippen molar-refractivity contribution in [3.63, 3.8) is 0 Å². The molecule has 1 saturated carbocycles. The van der Waals surface area contributed by atoms with Crippen LogP contribution in [0.5, 0.6) is 0 Å². The summed E-state index contributed by atoms with van der Waals surface area (Å²) < 4.78 is 0. The van der Waals surface area contributed by atoms with Gasteiger partial charge in [-0.05, 0) is 42.0 Å². The molecule has 2 amide bonds. The average molecular weight is 419 g/mol. The molecule has 154 valence electrons. The lowest BCUT2D eigenvalue weighted by atomic mass is 10.0. The van der Waals surface area contributed by atoms with Crippen molar-refractivity contribution in [1.29, 1.82) is 0 Å². The quantitative estimate of drug-likeness (QED) is 0.579. The maximum Gasteiger partial charge on any atom is 0.248 e. The number of benzene rings is 2. The Morgan fingerprint density at radius 1 is 0.933 bits per heavy atom. The third kappa shape index (κ3) is 4.79. The van der Waals surface area contributed by atoms with Crippen LogP contribution in [0.1, 0.15) is 42.2 Å². The first-order valence-corrected chi connectivity index (χ1v) is 11.3. The van der Waals surface area contributed by atoms with Gasteiger partial charge in [-0.15, -0.1) is 11.3 Å². The van der Waals surface area contributed by atoms with Crippen molar-refractivity contribution in [1.82, 2.24) is 5.32 Å². The summed E-state index contributed by atoms with van der Waals surface area (Å²) in [5, 5.41) is 5.18. The van der Waals surface area contributed by atoms with Gasteiger partial charge < -0.3 is 5.32 Å². The SMILES string of the molecule is O=C(NC1CCCC1)[C@H](c1ccccc1)N(C(=O)Cc1cccs1)c1ccccc1. The Kier molecular flexibility index (Phi) is 6.60. The molecule has 3 aromatic rings. The summed E-state index contributed by atoms with van der Waals surface area (Å²) in [6.07, 6.45) is 4.55. The number of rotatable bonds is 7. The second-order valence-electron chi connectivity index (χ2n) is 7.66. The Bertz CT molecular complexity index is 951. The number of thiophene rings is 1. The van der Waals surface area contributed by atoms with Gasteiger partial charge in [-0.2, -0.15) is 0 Å². The number of carbonyl (C=O) groups excluding carboxylic acids is 2. The molecule has 1 aliphatic carbocycles. The van der Waals surface area contributed by atoms with E-state index in [-0.39, 0.29) is 24.3 Å². The van der Waals surface area contributed by atoms with Gasteiger partial charge in [-0.1, -0.05) is 67.4 Å². The van der Waals surface area contributed by atoms with Crippen LogP contribution in [-0.2, 0) is 16.0 Å². The highest BCUT2D eigenvalue weighted by Crippen LogP contribution is 2.30. The molecule has 4 rings (SSSR count). The fraction of sp³-hybridized carbons (Fsp3) is 0.280. The van der Waals surface area contributed by atoms with Crippen LogP contribution in [0.25, 0.3) is 0 Å². The summed E-state index contributed by atoms with van der Waals surface area (Å²) in [7, 11) is 0. The second-order valence-corrected chi connectivity index (χ2v) is 8.69. The Labute approximate surface area is 181 Å². The smallest absolute Gasteiger partial charge is 0.248 e. The molecular weight excluding hydrogens is 392 g/mol. The van der Waals surface area contributed by atoms with Crippen molar-refractivity contribution in [2.45, 2.75) is 44.2 Å². The molecular formula is C25H26N2O2S. The molecule has 0 saturated heterocycles. The zero-order valence-corrected chi connectivity index (χ0v) is 17.7. The van der Waals surface area contributed by atoms with Gasteiger partial charge in [0.1, 0.15) is 6.04 Å². The Balaban J connectivity index is 1.71. The number of anilines is 1. The van der Waals surface area contributed by atoms with E-state index in [0.29, 0.717) is 0 Å². The Morgan fingerprint density at radius 3 is 2.23 bits per heavy atom. The Hall–Kier alpha value is -2.92. The second kappa shape index (κ2) is 9.72. The summed E-state index contributed by atoms with van der Waals surface area (Å²) >= 11 is 1.56. The lowest BCUT2D eigenvalue weighted by Crippen LogP contribution is -2.46. The molecule has 1 fully saturated rings. The molecule has 1 heterocycles. The fourth-order valence-electron chi connectivity index (χ4n) is 4.08. The largest absolute Gasteiger partial charge is 0.351 e. The normalized spacial score (nSPS) is 14.9. The standard InChI is InChI=1S/C25H26N2O2S/c28-23(18-22-16-9-17-30-22)27(21-14-5-2-6-15-21)24(19-10-3-1-4-11-19)25(29)26-20-12-7-8-13-20/h1-6,9-11,14-17,20,24H,7-8,12-13,18H2,(H,26,29)/t24-/m0/s1. The first kappa shape index (κ1) is 20.4. The number of para-hydroxylation sites is 1. The van der Waals surface area contributed by atoms with E-state index < -0.39 is 6.04 Å². The highest BCUT2D eigenvalue weighted by atomic mass is 32.1. The van der Waals surface area contributed by atoms with Crippen molar-refractivity contribution in [3.8, 4) is 0 Å². The van der Waals surface area contributed by atoms with Crippen LogP contribution in [0.15, 0.2) is 78.2 Å². The minimum absolute atomic E-state index is 0.0842. The van der Waals surface area contributed by atoms with Crippen LogP contribution in [0.4, 0.5) is 5.69 Å². The molecule has 30 heavy (non-hydrogen) atoms. The zero-order valence-electron chi connectivity index (χ0n) is 16.9. The maximum atomic E-state index is 13.5. The van der Waals surface area contributed by atoms with E-state index in [9.17, 15) is 9.59 Å². The summed E-state index contributed by atoms with van der Waals surface area (Å²) in [5.41, 5.74) is 1.55. The van der Waals surface area contributed by atoms with E-state index in [1.54, 1.807) is 16.2 Å². The highest BCUT2D eigenvalue weighted by molar-refractivity contribution is 7.10. The van der Waals surface area contributed by atoms with Gasteiger partial charge in [-0.3, -0.25) is 14.5 Å². The van der Waals surface area contributed by atoms with Gasteiger partial charge in [0.2, 0.25) is 11.8 Å². The van der Waals surface area contributed by atoms with Gasteiger partial charge in [0.25, 0.3) is 0 Å². The number of hydrogen-bond acceptors (Lipinski definition) is 3. The van der Waals surface area contributed by atoms with Gasteiger partial charge in [0, 0.05) is 16.6 Å². The minimum Gasteiger partial charge on any atom is -0.351 e. The van der Waals surface area contributed by atoms with Crippen LogP contribution in [0.2, 0.25) is 0 Å². The molecule has 5 heteroatoms. The predicted octanol–water partition coefficient (Wildman–Crippen LogP) is 5.12. The maximum absolute atomic E-state index is 13.5. The molecule has 0 aliphatic heterocycles. The molecule has 1 N–H and O–H groups in total. The van der Waals surface area contributed by atoms with Gasteiger partial charge in [-0.25, -0.2) is 0 Å². The van der Waals surface area contributed by atoms with Crippen LogP contribution in [0, 0.1) is 0 Å². The van der Waals surface area contributed by atoms with Crippen LogP contribution >= 0.6 is 11.3 Å². The number of nitrogens with one attached hydrogen (secondary N) is 1. The minimum atomic E-state index is -0.707. The van der Waals surface area contributed by atoms with E-state index >= 15 is 0 Å². The van der Waals surface area contributed by atoms with E-state index in [2.05, 4.69) is 5.32 Å². The first-order chi connectivity index (χ1) is 14.7. The van der Waals surface area contributed by atoms with Crippen LogP contribution in [-0.4, -0.2) is 17.9 Å². The van der Waals surface area contributed by atoms with E-state index in [1.807, 2.05) is 78.2 Å². The van der Waals surface area contributed by atoms with Crippen molar-refractivity contribution in [2.75, 3.05) is 4.90 Å². The Morgan fingerprint density at radius 2 is 1.60 bits per heavy atom. The van der Waals surface area contributed by atoms with E-state index in [0.717, 1.165) is 41.8 Å². The van der Waals surface area contributed by atoms with Crippen molar-refractivity contribution < 1.29 is 9.59 Å². The molecule has 0 bridgehead atoms. The molecule has 0 radical (unpaired) electrons. The highest BCUT2D eigenvalue weighted by Gasteiger charge is 2.34. The lowest BCUT2D eigenvalue weighted by Gasteiger charge is -2.32. The zero-order chi connectivity index (χ0) is 20.8. The van der Waals surface area contributed by atoms with E-state index in [4.69, 9.17) is 0 Å². The van der Waals surface area contributed by atoms with Crippen LogP contribution < -0.4 is 10.2 Å². The first-order valence-electron chi connectivity index (χ1n) is 10.5. The molecule has 4 nitrogen and oxygen atoms in total. The molecule has 2 aromatic carbocycles. The number of carbonyl (C=O) groups is 2. The van der Waals surface area contributed by atoms with Crippen molar-refractivity contribution >= 4 is 28.8 Å². The lowest BCUT2D eigenvalue weighted by molar-refractivity contribution is -0.127. The molecule has 0 unspecified atom stereocenters. The fourth-order valence-corrected chi connectivity index (χ4v) is 4.77. The predicted molar refractivity (Wildman–Crippen MR) is 122 cm³/mol. The van der Waals surface area contributed by atoms with E-state index in [1.165, 1.54) is 0 Å². The summed E-state index contributed by atoms with van der Waals surface area (Å²) in [6.45, 7) is 0. The molecule has 0 spiro atoms. The molecule has 1 aromatic heterocycles. The van der Waals surface area contributed by atoms with Crippen molar-refractivity contribution in [3.05, 3.63) is 88.6 Å². The van der Waals surface area contributed by atoms with Crippen LogP contribution in [0.3, 0.4) is 0 Å². The van der Waals surface area contributed by atoms with Gasteiger partial charge in [0.05, 0.1) is 6.42 Å². The van der Waals surface area contributed by atoms with Gasteiger partial charge >= 0.3 is 0 Å². The third-order valence-corrected chi connectivity index (χ3v) is 6.41. The summed E-state index contributed by atoms with van der Waals surface area (Å²) in [5.74, 6) is -0.199. The van der Waals surface area contributed by atoms with Gasteiger partial charge in [0.15, 0.2) is 0 Å².